The van der Waals surface area contributed by atoms with Crippen LogP contribution in [0.5, 0.6) is 0 Å². The molecule has 2 unspecified atom stereocenters. The van der Waals surface area contributed by atoms with Gasteiger partial charge in [0, 0.05) is 12.7 Å². The molecule has 0 amide bonds. The largest absolute Gasteiger partial charge is 0.393 e. The highest BCUT2D eigenvalue weighted by Crippen LogP contribution is 2.27. The molecule has 0 aliphatic heterocycles. The van der Waals surface area contributed by atoms with Crippen molar-refractivity contribution in [2.75, 3.05) is 0 Å². The van der Waals surface area contributed by atoms with Crippen LogP contribution in [0.1, 0.15) is 37.1 Å². The molecule has 1 aliphatic carbocycles. The van der Waals surface area contributed by atoms with Crippen LogP contribution in [-0.4, -0.2) is 21.0 Å². The summed E-state index contributed by atoms with van der Waals surface area (Å²) in [5.41, 5.74) is 2.32. The Kier molecular flexibility index (Phi) is 3.10. The van der Waals surface area contributed by atoms with Crippen LogP contribution in [0.4, 0.5) is 0 Å². The molecule has 3 heteroatoms. The molecule has 0 bridgehead atoms. The molecule has 3 nitrogen and oxygen atoms in total. The van der Waals surface area contributed by atoms with Crippen molar-refractivity contribution < 1.29 is 5.11 Å². The van der Waals surface area contributed by atoms with Crippen LogP contribution in [0, 0.1) is 12.8 Å². The zero-order chi connectivity index (χ0) is 10.8. The van der Waals surface area contributed by atoms with E-state index in [1.54, 1.807) is 0 Å². The third-order valence-electron chi connectivity index (χ3n) is 3.44. The van der Waals surface area contributed by atoms with Gasteiger partial charge in [-0.25, -0.2) is 0 Å². The van der Waals surface area contributed by atoms with Gasteiger partial charge in [0.05, 0.1) is 11.8 Å². The zero-order valence-electron chi connectivity index (χ0n) is 9.61. The second kappa shape index (κ2) is 4.35. The summed E-state index contributed by atoms with van der Waals surface area (Å²) < 4.78 is 1.94. The topological polar surface area (TPSA) is 38.0 Å². The van der Waals surface area contributed by atoms with Gasteiger partial charge in [0.25, 0.3) is 0 Å². The van der Waals surface area contributed by atoms with Crippen LogP contribution in [-0.2, 0) is 13.5 Å². The molecule has 2 atom stereocenters. The van der Waals surface area contributed by atoms with E-state index >= 15 is 0 Å². The molecule has 1 aromatic heterocycles. The molecule has 1 aromatic rings. The van der Waals surface area contributed by atoms with E-state index in [-0.39, 0.29) is 6.10 Å². The minimum atomic E-state index is -0.103. The average molecular weight is 208 g/mol. The molecule has 1 fully saturated rings. The monoisotopic (exact) mass is 208 g/mol. The Morgan fingerprint density at radius 2 is 2.20 bits per heavy atom. The van der Waals surface area contributed by atoms with E-state index in [0.717, 1.165) is 25.0 Å². The fourth-order valence-corrected chi connectivity index (χ4v) is 2.55. The van der Waals surface area contributed by atoms with E-state index < -0.39 is 0 Å². The molecule has 1 heterocycles. The van der Waals surface area contributed by atoms with E-state index in [0.29, 0.717) is 5.92 Å². The third kappa shape index (κ3) is 2.40. The number of hydrogen-bond donors (Lipinski definition) is 1. The third-order valence-corrected chi connectivity index (χ3v) is 3.44. The van der Waals surface area contributed by atoms with E-state index in [1.807, 2.05) is 18.7 Å². The summed E-state index contributed by atoms with van der Waals surface area (Å²) in [4.78, 5) is 0. The highest BCUT2D eigenvalue weighted by molar-refractivity contribution is 5.09. The molecular formula is C12H20N2O. The predicted molar refractivity (Wildman–Crippen MR) is 59.6 cm³/mol. The second-order valence-corrected chi connectivity index (χ2v) is 4.72. The summed E-state index contributed by atoms with van der Waals surface area (Å²) in [5.74, 6) is 0.438. The van der Waals surface area contributed by atoms with E-state index in [2.05, 4.69) is 11.2 Å². The Morgan fingerprint density at radius 1 is 1.47 bits per heavy atom. The lowest BCUT2D eigenvalue weighted by molar-refractivity contribution is 0.0691. The van der Waals surface area contributed by atoms with Gasteiger partial charge in [-0.1, -0.05) is 12.8 Å². The minimum absolute atomic E-state index is 0.103. The van der Waals surface area contributed by atoms with Crippen molar-refractivity contribution >= 4 is 0 Å². The molecule has 1 N–H and O–H groups in total. The van der Waals surface area contributed by atoms with Crippen LogP contribution >= 0.6 is 0 Å². The van der Waals surface area contributed by atoms with Gasteiger partial charge in [0.2, 0.25) is 0 Å². The fourth-order valence-electron chi connectivity index (χ4n) is 2.55. The molecule has 1 aliphatic rings. The van der Waals surface area contributed by atoms with Crippen LogP contribution in [0.3, 0.4) is 0 Å². The number of aliphatic hydroxyl groups excluding tert-OH is 1. The van der Waals surface area contributed by atoms with Crippen LogP contribution in [0.15, 0.2) is 6.07 Å². The van der Waals surface area contributed by atoms with Crippen LogP contribution in [0.2, 0.25) is 0 Å². The molecule has 0 spiro atoms. The molecule has 0 aromatic carbocycles. The molecule has 15 heavy (non-hydrogen) atoms. The van der Waals surface area contributed by atoms with Crippen LogP contribution < -0.4 is 0 Å². The van der Waals surface area contributed by atoms with Gasteiger partial charge < -0.3 is 5.11 Å². The smallest absolute Gasteiger partial charge is 0.0596 e. The predicted octanol–water partition coefficient (Wildman–Crippen LogP) is 1.82. The average Bonchev–Trinajstić information content (AvgIpc) is 2.49. The SMILES string of the molecule is Cc1cc(CC2CCCCC2O)n(C)n1. The van der Waals surface area contributed by atoms with Crippen LogP contribution in [0.25, 0.3) is 0 Å². The van der Waals surface area contributed by atoms with Crippen molar-refractivity contribution in [3.05, 3.63) is 17.5 Å². The van der Waals surface area contributed by atoms with Gasteiger partial charge in [-0.05, 0) is 38.2 Å². The zero-order valence-corrected chi connectivity index (χ0v) is 9.61. The normalized spacial score (nSPS) is 26.9. The lowest BCUT2D eigenvalue weighted by Crippen LogP contribution is -2.26. The van der Waals surface area contributed by atoms with Crippen molar-refractivity contribution in [2.24, 2.45) is 13.0 Å². The molecule has 0 radical (unpaired) electrons. The molecule has 2 rings (SSSR count). The lowest BCUT2D eigenvalue weighted by Gasteiger charge is -2.27. The van der Waals surface area contributed by atoms with Crippen molar-refractivity contribution in [1.29, 1.82) is 0 Å². The summed E-state index contributed by atoms with van der Waals surface area (Å²) in [6.45, 7) is 2.01. The number of aryl methyl sites for hydroxylation is 2. The first kappa shape index (κ1) is 10.7. The van der Waals surface area contributed by atoms with Crippen molar-refractivity contribution in [3.63, 3.8) is 0 Å². The van der Waals surface area contributed by atoms with E-state index in [4.69, 9.17) is 0 Å². The van der Waals surface area contributed by atoms with Gasteiger partial charge in [-0.2, -0.15) is 5.10 Å². The number of hydrogen-bond acceptors (Lipinski definition) is 2. The van der Waals surface area contributed by atoms with Crippen molar-refractivity contribution in [2.45, 2.75) is 45.1 Å². The minimum Gasteiger partial charge on any atom is -0.393 e. The molecular weight excluding hydrogens is 188 g/mol. The molecule has 0 saturated heterocycles. The standard InChI is InChI=1S/C12H20N2O/c1-9-7-11(14(2)13-9)8-10-5-3-4-6-12(10)15/h7,10,12,15H,3-6,8H2,1-2H3. The summed E-state index contributed by atoms with van der Waals surface area (Å²) in [5, 5.41) is 14.2. The number of aliphatic hydroxyl groups is 1. The van der Waals surface area contributed by atoms with Gasteiger partial charge in [0.1, 0.15) is 0 Å². The summed E-state index contributed by atoms with van der Waals surface area (Å²) in [6.07, 6.45) is 5.44. The number of rotatable bonds is 2. The highest BCUT2D eigenvalue weighted by Gasteiger charge is 2.24. The van der Waals surface area contributed by atoms with Crippen molar-refractivity contribution in [1.82, 2.24) is 9.78 Å². The first-order valence-corrected chi connectivity index (χ1v) is 5.84. The van der Waals surface area contributed by atoms with E-state index in [9.17, 15) is 5.11 Å². The van der Waals surface area contributed by atoms with E-state index in [1.165, 1.54) is 18.5 Å². The molecule has 1 saturated carbocycles. The maximum absolute atomic E-state index is 9.90. The summed E-state index contributed by atoms with van der Waals surface area (Å²) in [7, 11) is 1.98. The Morgan fingerprint density at radius 3 is 2.80 bits per heavy atom. The lowest BCUT2D eigenvalue weighted by atomic mass is 9.83. The fraction of sp³-hybridized carbons (Fsp3) is 0.750. The Hall–Kier alpha value is -0.830. The molecule has 84 valence electrons. The number of nitrogens with zero attached hydrogens (tertiary/aromatic N) is 2. The first-order chi connectivity index (χ1) is 7.16. The maximum atomic E-state index is 9.90. The second-order valence-electron chi connectivity index (χ2n) is 4.72. The van der Waals surface area contributed by atoms with Crippen molar-refractivity contribution in [3.8, 4) is 0 Å². The Labute approximate surface area is 91.1 Å². The number of aromatic nitrogens is 2. The maximum Gasteiger partial charge on any atom is 0.0596 e. The van der Waals surface area contributed by atoms with Gasteiger partial charge in [-0.15, -0.1) is 0 Å². The van der Waals surface area contributed by atoms with Gasteiger partial charge >= 0.3 is 0 Å². The highest BCUT2D eigenvalue weighted by atomic mass is 16.3. The quantitative estimate of drug-likeness (QED) is 0.805. The summed E-state index contributed by atoms with van der Waals surface area (Å²) in [6, 6.07) is 2.13. The van der Waals surface area contributed by atoms with Gasteiger partial charge in [-0.3, -0.25) is 4.68 Å². The Bertz CT molecular complexity index is 332. The van der Waals surface area contributed by atoms with Gasteiger partial charge in [0.15, 0.2) is 0 Å². The first-order valence-electron chi connectivity index (χ1n) is 5.84. The Balaban J connectivity index is 2.04. The summed E-state index contributed by atoms with van der Waals surface area (Å²) >= 11 is 0.